The van der Waals surface area contributed by atoms with Gasteiger partial charge in [0.25, 0.3) is 0 Å². The Bertz CT molecular complexity index is 877. The van der Waals surface area contributed by atoms with Crippen molar-refractivity contribution in [2.75, 3.05) is 0 Å². The highest BCUT2D eigenvalue weighted by atomic mass is 16.1. The lowest BCUT2D eigenvalue weighted by atomic mass is 9.84. The molecule has 24 heavy (non-hydrogen) atoms. The van der Waals surface area contributed by atoms with Crippen molar-refractivity contribution in [1.82, 2.24) is 4.98 Å². The van der Waals surface area contributed by atoms with Gasteiger partial charge in [-0.3, -0.25) is 9.78 Å². The molecule has 0 atom stereocenters. The van der Waals surface area contributed by atoms with E-state index in [1.807, 2.05) is 6.07 Å². The van der Waals surface area contributed by atoms with Crippen molar-refractivity contribution in [3.63, 3.8) is 0 Å². The number of hydrogen-bond donors (Lipinski definition) is 0. The van der Waals surface area contributed by atoms with Crippen LogP contribution in [0.2, 0.25) is 0 Å². The molecule has 1 aromatic heterocycles. The van der Waals surface area contributed by atoms with Crippen molar-refractivity contribution < 1.29 is 4.79 Å². The highest BCUT2D eigenvalue weighted by Gasteiger charge is 2.21. The van der Waals surface area contributed by atoms with Gasteiger partial charge in [-0.1, -0.05) is 61.7 Å². The Morgan fingerprint density at radius 2 is 1.54 bits per heavy atom. The smallest absolute Gasteiger partial charge is 0.136 e. The second-order valence-electron chi connectivity index (χ2n) is 6.92. The van der Waals surface area contributed by atoms with E-state index in [9.17, 15) is 4.79 Å². The first-order valence-corrected chi connectivity index (χ1v) is 9.12. The number of para-hydroxylation sites is 1. The lowest BCUT2D eigenvalue weighted by molar-refractivity contribution is -0.123. The second kappa shape index (κ2) is 6.72. The van der Waals surface area contributed by atoms with Gasteiger partial charge in [0.15, 0.2) is 0 Å². The zero-order chi connectivity index (χ0) is 16.4. The molecular formula is C22H23NO. The topological polar surface area (TPSA) is 30.0 Å². The van der Waals surface area contributed by atoms with Crippen LogP contribution in [-0.4, -0.2) is 10.8 Å². The van der Waals surface area contributed by atoms with Gasteiger partial charge in [-0.25, -0.2) is 0 Å². The summed E-state index contributed by atoms with van der Waals surface area (Å²) < 4.78 is 0. The van der Waals surface area contributed by atoms with E-state index in [-0.39, 0.29) is 0 Å². The van der Waals surface area contributed by atoms with Gasteiger partial charge >= 0.3 is 0 Å². The second-order valence-corrected chi connectivity index (χ2v) is 6.92. The van der Waals surface area contributed by atoms with E-state index in [4.69, 9.17) is 4.98 Å². The number of rotatable bonds is 4. The standard InChI is InChI=1S/C22H23NO/c24-22(16-8-2-1-3-9-16)15-14-21-19-11-5-4-10-17(19)18-12-6-7-13-20(18)23-21/h4-7,10-13,16H,1-3,8-9,14-15H2. The van der Waals surface area contributed by atoms with Crippen molar-refractivity contribution in [3.05, 3.63) is 54.2 Å². The zero-order valence-corrected chi connectivity index (χ0v) is 14.0. The third-order valence-electron chi connectivity index (χ3n) is 5.36. The number of carbonyl (C=O) groups excluding carboxylic acids is 1. The molecule has 0 bridgehead atoms. The fourth-order valence-electron chi connectivity index (χ4n) is 4.04. The van der Waals surface area contributed by atoms with E-state index >= 15 is 0 Å². The van der Waals surface area contributed by atoms with E-state index in [0.717, 1.165) is 30.5 Å². The van der Waals surface area contributed by atoms with Crippen LogP contribution < -0.4 is 0 Å². The quantitative estimate of drug-likeness (QED) is 0.597. The monoisotopic (exact) mass is 317 g/mol. The predicted octanol–water partition coefficient (Wildman–Crippen LogP) is 5.47. The van der Waals surface area contributed by atoms with E-state index in [1.54, 1.807) is 0 Å². The predicted molar refractivity (Wildman–Crippen MR) is 99.2 cm³/mol. The fraction of sp³-hybridized carbons (Fsp3) is 0.364. The maximum absolute atomic E-state index is 12.5. The lowest BCUT2D eigenvalue weighted by Crippen LogP contribution is -2.18. The number of carbonyl (C=O) groups is 1. The SMILES string of the molecule is O=C(CCc1nc2ccccc2c2ccccc12)C1CCCCC1. The van der Waals surface area contributed by atoms with Crippen molar-refractivity contribution in [2.45, 2.75) is 44.9 Å². The molecular weight excluding hydrogens is 294 g/mol. The highest BCUT2D eigenvalue weighted by molar-refractivity contribution is 6.06. The number of fused-ring (bicyclic) bond motifs is 3. The van der Waals surface area contributed by atoms with E-state index in [2.05, 4.69) is 42.5 Å². The Labute approximate surface area is 142 Å². The first-order chi connectivity index (χ1) is 11.8. The molecule has 122 valence electrons. The Morgan fingerprint density at radius 1 is 0.875 bits per heavy atom. The van der Waals surface area contributed by atoms with Gasteiger partial charge < -0.3 is 0 Å². The van der Waals surface area contributed by atoms with Gasteiger partial charge in [0.2, 0.25) is 0 Å². The number of benzene rings is 2. The van der Waals surface area contributed by atoms with Crippen molar-refractivity contribution in [1.29, 1.82) is 0 Å². The van der Waals surface area contributed by atoms with E-state index in [0.29, 0.717) is 18.1 Å². The molecule has 1 aliphatic carbocycles. The normalized spacial score (nSPS) is 15.8. The number of ketones is 1. The molecule has 4 rings (SSSR count). The van der Waals surface area contributed by atoms with Crippen LogP contribution in [0.5, 0.6) is 0 Å². The minimum Gasteiger partial charge on any atom is -0.299 e. The average Bonchev–Trinajstić information content (AvgIpc) is 2.66. The van der Waals surface area contributed by atoms with Crippen LogP contribution in [0.25, 0.3) is 21.7 Å². The molecule has 0 amide bonds. The van der Waals surface area contributed by atoms with E-state index < -0.39 is 0 Å². The van der Waals surface area contributed by atoms with Gasteiger partial charge in [-0.05, 0) is 30.7 Å². The summed E-state index contributed by atoms with van der Waals surface area (Å²) in [4.78, 5) is 17.4. The van der Waals surface area contributed by atoms with Gasteiger partial charge in [-0.15, -0.1) is 0 Å². The van der Waals surface area contributed by atoms with Crippen LogP contribution in [0.4, 0.5) is 0 Å². The van der Waals surface area contributed by atoms with Crippen LogP contribution in [0.15, 0.2) is 48.5 Å². The maximum Gasteiger partial charge on any atom is 0.136 e. The number of Topliss-reactive ketones (excluding diaryl/α,β-unsaturated/α-hetero) is 1. The van der Waals surface area contributed by atoms with Crippen molar-refractivity contribution in [2.24, 2.45) is 5.92 Å². The molecule has 0 unspecified atom stereocenters. The van der Waals surface area contributed by atoms with Crippen LogP contribution in [0.1, 0.15) is 44.2 Å². The van der Waals surface area contributed by atoms with Crippen LogP contribution >= 0.6 is 0 Å². The molecule has 3 aromatic rings. The summed E-state index contributed by atoms with van der Waals surface area (Å²) in [6.07, 6.45) is 7.28. The number of nitrogens with zero attached hydrogens (tertiary/aromatic N) is 1. The molecule has 1 fully saturated rings. The average molecular weight is 317 g/mol. The van der Waals surface area contributed by atoms with Gasteiger partial charge in [0.1, 0.15) is 5.78 Å². The molecule has 0 saturated heterocycles. The Hall–Kier alpha value is -2.22. The van der Waals surface area contributed by atoms with Gasteiger partial charge in [0, 0.05) is 28.8 Å². The molecule has 2 heteroatoms. The number of aromatic nitrogens is 1. The third-order valence-corrected chi connectivity index (χ3v) is 5.36. The summed E-state index contributed by atoms with van der Waals surface area (Å²) in [5, 5.41) is 3.62. The van der Waals surface area contributed by atoms with Crippen LogP contribution in [0.3, 0.4) is 0 Å². The summed E-state index contributed by atoms with van der Waals surface area (Å²) in [6, 6.07) is 16.7. The molecule has 2 nitrogen and oxygen atoms in total. The largest absolute Gasteiger partial charge is 0.299 e. The van der Waals surface area contributed by atoms with Crippen molar-refractivity contribution >= 4 is 27.5 Å². The number of hydrogen-bond acceptors (Lipinski definition) is 2. The zero-order valence-electron chi connectivity index (χ0n) is 14.0. The Balaban J connectivity index is 1.64. The third kappa shape index (κ3) is 2.93. The molecule has 0 N–H and O–H groups in total. The number of pyridine rings is 1. The molecule has 1 saturated carbocycles. The summed E-state index contributed by atoms with van der Waals surface area (Å²) in [7, 11) is 0. The molecule has 0 radical (unpaired) electrons. The maximum atomic E-state index is 12.5. The first-order valence-electron chi connectivity index (χ1n) is 9.12. The molecule has 1 heterocycles. The molecule has 2 aromatic carbocycles. The highest BCUT2D eigenvalue weighted by Crippen LogP contribution is 2.29. The number of aryl methyl sites for hydroxylation is 1. The molecule has 0 aliphatic heterocycles. The summed E-state index contributed by atoms with van der Waals surface area (Å²) in [5.74, 6) is 0.735. The summed E-state index contributed by atoms with van der Waals surface area (Å²) in [6.45, 7) is 0. The first kappa shape index (κ1) is 15.3. The minimum absolute atomic E-state index is 0.297. The Kier molecular flexibility index (Phi) is 4.29. The van der Waals surface area contributed by atoms with Gasteiger partial charge in [0.05, 0.1) is 5.52 Å². The van der Waals surface area contributed by atoms with Crippen LogP contribution in [0, 0.1) is 5.92 Å². The van der Waals surface area contributed by atoms with E-state index in [1.165, 1.54) is 35.4 Å². The molecule has 1 aliphatic rings. The fourth-order valence-corrected chi connectivity index (χ4v) is 4.04. The van der Waals surface area contributed by atoms with Crippen molar-refractivity contribution in [3.8, 4) is 0 Å². The van der Waals surface area contributed by atoms with Crippen LogP contribution in [-0.2, 0) is 11.2 Å². The molecule has 0 spiro atoms. The van der Waals surface area contributed by atoms with Gasteiger partial charge in [-0.2, -0.15) is 0 Å². The Morgan fingerprint density at radius 3 is 2.33 bits per heavy atom. The summed E-state index contributed by atoms with van der Waals surface area (Å²) >= 11 is 0. The summed E-state index contributed by atoms with van der Waals surface area (Å²) in [5.41, 5.74) is 2.09. The lowest BCUT2D eigenvalue weighted by Gasteiger charge is -2.20. The minimum atomic E-state index is 0.297.